The maximum Gasteiger partial charge on any atom is 0.229 e. The Labute approximate surface area is 174 Å². The Morgan fingerprint density at radius 3 is 2.73 bits per heavy atom. The van der Waals surface area contributed by atoms with Crippen LogP contribution in [0.15, 0.2) is 42.5 Å². The van der Waals surface area contributed by atoms with E-state index in [0.29, 0.717) is 17.2 Å². The normalized spacial score (nSPS) is 17.0. The van der Waals surface area contributed by atoms with Crippen LogP contribution in [-0.2, 0) is 15.9 Å². The fraction of sp³-hybridized carbons (Fsp3) is 0.348. The molecule has 1 fully saturated rings. The first-order chi connectivity index (χ1) is 14.2. The van der Waals surface area contributed by atoms with Gasteiger partial charge in [0.2, 0.25) is 11.9 Å². The maximum atomic E-state index is 14.1. The van der Waals surface area contributed by atoms with Crippen molar-refractivity contribution in [2.75, 3.05) is 5.32 Å². The molecule has 6 nitrogen and oxygen atoms in total. The van der Waals surface area contributed by atoms with Crippen LogP contribution in [0.5, 0.6) is 0 Å². The number of benzene rings is 2. The van der Waals surface area contributed by atoms with Crippen LogP contribution in [0.4, 0.5) is 16.0 Å². The van der Waals surface area contributed by atoms with Crippen LogP contribution < -0.4 is 5.32 Å². The summed E-state index contributed by atoms with van der Waals surface area (Å²) in [6, 6.07) is 11.1. The van der Waals surface area contributed by atoms with Gasteiger partial charge >= 0.3 is 0 Å². The first-order valence-corrected chi connectivity index (χ1v) is 9.91. The van der Waals surface area contributed by atoms with Crippen LogP contribution in [0.25, 0.3) is 15.9 Å². The first kappa shape index (κ1) is 20.0. The summed E-state index contributed by atoms with van der Waals surface area (Å²) >= 11 is 0. The van der Waals surface area contributed by atoms with Gasteiger partial charge in [-0.25, -0.2) is 14.2 Å². The number of nitrogens with one attached hydrogen (secondary N) is 1. The van der Waals surface area contributed by atoms with E-state index in [4.69, 9.17) is 6.57 Å². The van der Waals surface area contributed by atoms with Crippen molar-refractivity contribution in [3.63, 3.8) is 0 Å². The molecule has 2 N–H and O–H groups in total. The van der Waals surface area contributed by atoms with Gasteiger partial charge in [0.1, 0.15) is 5.82 Å². The van der Waals surface area contributed by atoms with E-state index in [1.165, 1.54) is 25.1 Å². The summed E-state index contributed by atoms with van der Waals surface area (Å²) in [5.41, 5.74) is 0.192. The quantitative estimate of drug-likeness (QED) is 0.595. The molecule has 4 rings (SSSR count). The standard InChI is InChI=1S/C23H23FN4O2/c1-22(11-6-12-22)28-19-13-15(25-3)9-10-18(19)26-21(28)27-20(29)14-23(2,30)16-7-4-5-8-17(16)24/h4-5,7-10,13,30H,6,11-12,14H2,1-2H3,(H,26,27,29)/t23-/m0/s1. The Kier molecular flexibility index (Phi) is 4.83. The number of hydrogen-bond acceptors (Lipinski definition) is 3. The molecule has 3 aromatic rings. The number of amides is 1. The van der Waals surface area contributed by atoms with Gasteiger partial charge in [-0.1, -0.05) is 24.3 Å². The van der Waals surface area contributed by atoms with Crippen LogP contribution in [0.1, 0.15) is 45.1 Å². The molecule has 0 radical (unpaired) electrons. The van der Waals surface area contributed by atoms with Crippen LogP contribution in [0.2, 0.25) is 0 Å². The highest BCUT2D eigenvalue weighted by atomic mass is 19.1. The molecule has 2 aromatic carbocycles. The highest BCUT2D eigenvalue weighted by molar-refractivity contribution is 5.93. The SMILES string of the molecule is [C-]#[N+]c1ccc2nc(NC(=O)C[C@](C)(O)c3ccccc3F)n(C3(C)CCC3)c2c1. The smallest absolute Gasteiger partial charge is 0.229 e. The Balaban J connectivity index is 1.67. The van der Waals surface area contributed by atoms with E-state index in [2.05, 4.69) is 22.1 Å². The Morgan fingerprint density at radius 2 is 2.10 bits per heavy atom. The molecule has 1 aliphatic carbocycles. The van der Waals surface area contributed by atoms with Gasteiger partial charge in [-0.15, -0.1) is 0 Å². The summed E-state index contributed by atoms with van der Waals surface area (Å²) < 4.78 is 16.1. The van der Waals surface area contributed by atoms with Crippen LogP contribution in [0.3, 0.4) is 0 Å². The van der Waals surface area contributed by atoms with Crippen LogP contribution in [0, 0.1) is 12.4 Å². The molecule has 0 bridgehead atoms. The summed E-state index contributed by atoms with van der Waals surface area (Å²) in [4.78, 5) is 20.9. The van der Waals surface area contributed by atoms with E-state index in [0.717, 1.165) is 24.8 Å². The third-order valence-electron chi connectivity index (χ3n) is 5.95. The van der Waals surface area contributed by atoms with E-state index >= 15 is 0 Å². The molecule has 154 valence electrons. The first-order valence-electron chi connectivity index (χ1n) is 9.91. The topological polar surface area (TPSA) is 71.5 Å². The van der Waals surface area contributed by atoms with E-state index < -0.39 is 17.3 Å². The number of nitrogens with zero attached hydrogens (tertiary/aromatic N) is 3. The van der Waals surface area contributed by atoms with Gasteiger partial charge in [0, 0.05) is 11.1 Å². The monoisotopic (exact) mass is 406 g/mol. The molecule has 1 heterocycles. The molecule has 1 saturated carbocycles. The minimum Gasteiger partial charge on any atom is -0.385 e. The van der Waals surface area contributed by atoms with Crippen molar-refractivity contribution in [1.29, 1.82) is 0 Å². The Morgan fingerprint density at radius 1 is 1.37 bits per heavy atom. The predicted molar refractivity (Wildman–Crippen MR) is 113 cm³/mol. The number of carbonyl (C=O) groups excluding carboxylic acids is 1. The second-order valence-corrected chi connectivity index (χ2v) is 8.38. The number of hydrogen-bond donors (Lipinski definition) is 2. The second kappa shape index (κ2) is 7.22. The Hall–Kier alpha value is -3.24. The summed E-state index contributed by atoms with van der Waals surface area (Å²) in [5.74, 6) is -0.645. The zero-order valence-corrected chi connectivity index (χ0v) is 16.9. The molecular formula is C23H23FN4O2. The van der Waals surface area contributed by atoms with E-state index in [-0.39, 0.29) is 17.5 Å². The van der Waals surface area contributed by atoms with Crippen molar-refractivity contribution < 1.29 is 14.3 Å². The number of rotatable bonds is 5. The van der Waals surface area contributed by atoms with Gasteiger partial charge in [-0.05, 0) is 51.3 Å². The number of aromatic nitrogens is 2. The van der Waals surface area contributed by atoms with Crippen molar-refractivity contribution in [1.82, 2.24) is 9.55 Å². The molecule has 1 atom stereocenters. The van der Waals surface area contributed by atoms with Gasteiger partial charge in [-0.3, -0.25) is 10.1 Å². The minimum atomic E-state index is -1.66. The number of aliphatic hydroxyl groups is 1. The van der Waals surface area contributed by atoms with Crippen molar-refractivity contribution in [3.8, 4) is 0 Å². The zero-order valence-electron chi connectivity index (χ0n) is 16.9. The van der Waals surface area contributed by atoms with Crippen molar-refractivity contribution >= 4 is 28.6 Å². The average Bonchev–Trinajstić information content (AvgIpc) is 3.02. The molecule has 1 aromatic heterocycles. The van der Waals surface area contributed by atoms with Gasteiger partial charge in [0.25, 0.3) is 0 Å². The van der Waals surface area contributed by atoms with E-state index in [9.17, 15) is 14.3 Å². The molecule has 1 aliphatic rings. The molecular weight excluding hydrogens is 383 g/mol. The molecule has 0 unspecified atom stereocenters. The van der Waals surface area contributed by atoms with Gasteiger partial charge in [0.05, 0.1) is 29.6 Å². The van der Waals surface area contributed by atoms with E-state index in [1.807, 2.05) is 4.57 Å². The van der Waals surface area contributed by atoms with Crippen molar-refractivity contribution in [2.45, 2.75) is 50.7 Å². The zero-order chi connectivity index (χ0) is 21.5. The molecule has 0 aliphatic heterocycles. The number of fused-ring (bicyclic) bond motifs is 1. The van der Waals surface area contributed by atoms with Crippen molar-refractivity contribution in [3.05, 3.63) is 65.3 Å². The van der Waals surface area contributed by atoms with Gasteiger partial charge in [0.15, 0.2) is 5.69 Å². The third kappa shape index (κ3) is 3.44. The van der Waals surface area contributed by atoms with Crippen LogP contribution in [-0.4, -0.2) is 20.6 Å². The fourth-order valence-corrected chi connectivity index (χ4v) is 4.15. The highest BCUT2D eigenvalue weighted by Gasteiger charge is 2.38. The molecule has 30 heavy (non-hydrogen) atoms. The minimum absolute atomic E-state index is 0.0707. The van der Waals surface area contributed by atoms with Crippen LogP contribution >= 0.6 is 0 Å². The lowest BCUT2D eigenvalue weighted by atomic mass is 9.78. The Bertz CT molecular complexity index is 1170. The summed E-state index contributed by atoms with van der Waals surface area (Å²) in [5, 5.41) is 13.6. The lowest BCUT2D eigenvalue weighted by Gasteiger charge is -2.41. The average molecular weight is 406 g/mol. The number of anilines is 1. The molecule has 7 heteroatoms. The molecule has 0 saturated heterocycles. The molecule has 1 amide bonds. The highest BCUT2D eigenvalue weighted by Crippen LogP contribution is 2.43. The largest absolute Gasteiger partial charge is 0.385 e. The maximum absolute atomic E-state index is 14.1. The molecule has 0 spiro atoms. The summed E-state index contributed by atoms with van der Waals surface area (Å²) in [6.07, 6.45) is 2.64. The third-order valence-corrected chi connectivity index (χ3v) is 5.95. The fourth-order valence-electron chi connectivity index (χ4n) is 4.15. The second-order valence-electron chi connectivity index (χ2n) is 8.38. The number of halogens is 1. The van der Waals surface area contributed by atoms with E-state index in [1.54, 1.807) is 24.3 Å². The number of imidazole rings is 1. The van der Waals surface area contributed by atoms with Gasteiger partial charge < -0.3 is 9.67 Å². The number of carbonyl (C=O) groups is 1. The van der Waals surface area contributed by atoms with Crippen molar-refractivity contribution in [2.24, 2.45) is 0 Å². The lowest BCUT2D eigenvalue weighted by molar-refractivity contribution is -0.120. The summed E-state index contributed by atoms with van der Waals surface area (Å²) in [6.45, 7) is 10.8. The van der Waals surface area contributed by atoms with Gasteiger partial charge in [-0.2, -0.15) is 0 Å². The lowest BCUT2D eigenvalue weighted by Crippen LogP contribution is -2.39. The summed E-state index contributed by atoms with van der Waals surface area (Å²) in [7, 11) is 0. The predicted octanol–water partition coefficient (Wildman–Crippen LogP) is 4.86.